The van der Waals surface area contributed by atoms with Gasteiger partial charge in [0.2, 0.25) is 0 Å². The highest BCUT2D eigenvalue weighted by Gasteiger charge is 2.41. The van der Waals surface area contributed by atoms with E-state index in [1.165, 1.54) is 12.0 Å². The molecule has 1 saturated carbocycles. The lowest BCUT2D eigenvalue weighted by molar-refractivity contribution is 0.170. The lowest BCUT2D eigenvalue weighted by atomic mass is 9.63. The second kappa shape index (κ2) is 4.32. The molecule has 0 atom stereocenters. The molecule has 1 aromatic rings. The van der Waals surface area contributed by atoms with E-state index in [-0.39, 0.29) is 5.41 Å². The van der Waals surface area contributed by atoms with Crippen LogP contribution in [0.2, 0.25) is 5.02 Å². The van der Waals surface area contributed by atoms with E-state index >= 15 is 0 Å². The van der Waals surface area contributed by atoms with E-state index in [0.29, 0.717) is 30.5 Å². The number of halogens is 1. The molecule has 1 heterocycles. The van der Waals surface area contributed by atoms with Gasteiger partial charge < -0.3 is 15.2 Å². The molecule has 2 aliphatic rings. The van der Waals surface area contributed by atoms with Crippen LogP contribution in [-0.2, 0) is 5.41 Å². The second-order valence-corrected chi connectivity index (χ2v) is 5.62. The van der Waals surface area contributed by atoms with E-state index in [9.17, 15) is 0 Å². The molecule has 0 aromatic heterocycles. The second-order valence-electron chi connectivity index (χ2n) is 5.24. The van der Waals surface area contributed by atoms with Gasteiger partial charge in [0.25, 0.3) is 0 Å². The fourth-order valence-corrected chi connectivity index (χ4v) is 3.57. The first-order chi connectivity index (χ1) is 8.68. The minimum absolute atomic E-state index is 0.0526. The molecule has 0 radical (unpaired) electrons. The van der Waals surface area contributed by atoms with Crippen molar-refractivity contribution in [1.29, 1.82) is 0 Å². The SMILES string of the molecule is Cc1cc2c(c(Cl)c1C1(CN)CCC1)OCCO2. The van der Waals surface area contributed by atoms with Gasteiger partial charge in [-0.05, 0) is 37.0 Å². The minimum atomic E-state index is 0.0526. The predicted molar refractivity (Wildman–Crippen MR) is 71.8 cm³/mol. The molecule has 0 spiro atoms. The predicted octanol–water partition coefficient (Wildman–Crippen LogP) is 2.80. The third-order valence-electron chi connectivity index (χ3n) is 4.20. The molecule has 0 unspecified atom stereocenters. The van der Waals surface area contributed by atoms with Gasteiger partial charge in [-0.2, -0.15) is 0 Å². The number of aryl methyl sites for hydroxylation is 1. The van der Waals surface area contributed by atoms with Crippen LogP contribution < -0.4 is 15.2 Å². The third-order valence-corrected chi connectivity index (χ3v) is 4.56. The number of hydrogen-bond acceptors (Lipinski definition) is 3. The molecule has 18 heavy (non-hydrogen) atoms. The van der Waals surface area contributed by atoms with Crippen LogP contribution >= 0.6 is 11.6 Å². The summed E-state index contributed by atoms with van der Waals surface area (Å²) in [7, 11) is 0. The normalized spacial score (nSPS) is 20.4. The first kappa shape index (κ1) is 12.1. The summed E-state index contributed by atoms with van der Waals surface area (Å²) in [6.45, 7) is 3.87. The highest BCUT2D eigenvalue weighted by atomic mass is 35.5. The summed E-state index contributed by atoms with van der Waals surface area (Å²) in [5.74, 6) is 1.46. The van der Waals surface area contributed by atoms with Gasteiger partial charge in [-0.3, -0.25) is 0 Å². The van der Waals surface area contributed by atoms with Crippen LogP contribution in [0.15, 0.2) is 6.07 Å². The van der Waals surface area contributed by atoms with Crippen molar-refractivity contribution in [2.45, 2.75) is 31.6 Å². The van der Waals surface area contributed by atoms with Crippen LogP contribution in [0.1, 0.15) is 30.4 Å². The van der Waals surface area contributed by atoms with Crippen LogP contribution in [-0.4, -0.2) is 19.8 Å². The summed E-state index contributed by atoms with van der Waals surface area (Å²) in [6, 6.07) is 2.03. The molecule has 0 bridgehead atoms. The first-order valence-corrected chi connectivity index (χ1v) is 6.85. The van der Waals surface area contributed by atoms with Crippen LogP contribution in [0.3, 0.4) is 0 Å². The summed E-state index contributed by atoms with van der Waals surface area (Å²) in [4.78, 5) is 0. The van der Waals surface area contributed by atoms with Crippen molar-refractivity contribution in [2.24, 2.45) is 5.73 Å². The number of fused-ring (bicyclic) bond motifs is 1. The summed E-state index contributed by atoms with van der Waals surface area (Å²) in [5, 5.41) is 0.704. The van der Waals surface area contributed by atoms with Gasteiger partial charge >= 0.3 is 0 Å². The number of rotatable bonds is 2. The summed E-state index contributed by atoms with van der Waals surface area (Å²) in [5.41, 5.74) is 8.37. The van der Waals surface area contributed by atoms with Crippen LogP contribution in [0, 0.1) is 6.92 Å². The number of ether oxygens (including phenoxy) is 2. The molecule has 1 aliphatic heterocycles. The van der Waals surface area contributed by atoms with E-state index < -0.39 is 0 Å². The standard InChI is InChI=1S/C14H18ClNO2/c1-9-7-10-13(18-6-5-17-10)12(15)11(9)14(8-16)3-2-4-14/h7H,2-6,8,16H2,1H3. The lowest BCUT2D eigenvalue weighted by Crippen LogP contribution is -2.42. The molecule has 1 aromatic carbocycles. The zero-order chi connectivity index (χ0) is 12.8. The highest BCUT2D eigenvalue weighted by molar-refractivity contribution is 6.33. The fourth-order valence-electron chi connectivity index (χ4n) is 3.08. The first-order valence-electron chi connectivity index (χ1n) is 6.47. The van der Waals surface area contributed by atoms with E-state index in [1.54, 1.807) is 0 Å². The van der Waals surface area contributed by atoms with E-state index in [4.69, 9.17) is 26.8 Å². The summed E-state index contributed by atoms with van der Waals surface area (Å²) < 4.78 is 11.3. The molecular formula is C14H18ClNO2. The van der Waals surface area contributed by atoms with Crippen molar-refractivity contribution >= 4 is 11.6 Å². The summed E-state index contributed by atoms with van der Waals surface area (Å²) >= 11 is 6.55. The van der Waals surface area contributed by atoms with Crippen LogP contribution in [0.4, 0.5) is 0 Å². The van der Waals surface area contributed by atoms with E-state index in [2.05, 4.69) is 6.92 Å². The number of benzene rings is 1. The average Bonchev–Trinajstić information content (AvgIpc) is 2.32. The van der Waals surface area contributed by atoms with E-state index in [0.717, 1.165) is 24.2 Å². The van der Waals surface area contributed by atoms with Crippen molar-refractivity contribution in [1.82, 2.24) is 0 Å². The maximum absolute atomic E-state index is 6.55. The van der Waals surface area contributed by atoms with Crippen molar-refractivity contribution in [2.75, 3.05) is 19.8 Å². The Hall–Kier alpha value is -0.930. The van der Waals surface area contributed by atoms with Crippen molar-refractivity contribution in [3.05, 3.63) is 22.2 Å². The Kier molecular flexibility index (Phi) is 2.91. The number of nitrogens with two attached hydrogens (primary N) is 1. The minimum Gasteiger partial charge on any atom is -0.486 e. The molecule has 4 heteroatoms. The molecule has 1 fully saturated rings. The Bertz CT molecular complexity index is 478. The molecule has 98 valence electrons. The quantitative estimate of drug-likeness (QED) is 0.896. The molecule has 2 N–H and O–H groups in total. The Labute approximate surface area is 112 Å². The molecule has 0 saturated heterocycles. The van der Waals surface area contributed by atoms with Gasteiger partial charge in [0.05, 0.1) is 5.02 Å². The van der Waals surface area contributed by atoms with Crippen molar-refractivity contribution in [3.8, 4) is 11.5 Å². The Morgan fingerprint density at radius 3 is 2.67 bits per heavy atom. The Morgan fingerprint density at radius 2 is 2.06 bits per heavy atom. The van der Waals surface area contributed by atoms with Crippen molar-refractivity contribution < 1.29 is 9.47 Å². The van der Waals surface area contributed by atoms with E-state index in [1.807, 2.05) is 6.07 Å². The van der Waals surface area contributed by atoms with Gasteiger partial charge in [0, 0.05) is 12.0 Å². The lowest BCUT2D eigenvalue weighted by Gasteiger charge is -2.43. The maximum Gasteiger partial charge on any atom is 0.180 e. The smallest absolute Gasteiger partial charge is 0.180 e. The van der Waals surface area contributed by atoms with Crippen LogP contribution in [0.25, 0.3) is 0 Å². The maximum atomic E-state index is 6.55. The molecule has 0 amide bonds. The number of hydrogen-bond donors (Lipinski definition) is 1. The van der Waals surface area contributed by atoms with Crippen molar-refractivity contribution in [3.63, 3.8) is 0 Å². The molecule has 3 rings (SSSR count). The Morgan fingerprint density at radius 1 is 1.33 bits per heavy atom. The van der Waals surface area contributed by atoms with Gasteiger partial charge in [-0.25, -0.2) is 0 Å². The van der Waals surface area contributed by atoms with Gasteiger partial charge in [-0.1, -0.05) is 18.0 Å². The fraction of sp³-hybridized carbons (Fsp3) is 0.571. The third kappa shape index (κ3) is 1.61. The molecule has 3 nitrogen and oxygen atoms in total. The zero-order valence-electron chi connectivity index (χ0n) is 10.6. The topological polar surface area (TPSA) is 44.5 Å². The molecule has 1 aliphatic carbocycles. The van der Waals surface area contributed by atoms with Gasteiger partial charge in [-0.15, -0.1) is 0 Å². The van der Waals surface area contributed by atoms with Crippen LogP contribution in [0.5, 0.6) is 11.5 Å². The summed E-state index contributed by atoms with van der Waals surface area (Å²) in [6.07, 6.45) is 3.45. The molecular weight excluding hydrogens is 250 g/mol. The van der Waals surface area contributed by atoms with Gasteiger partial charge in [0.15, 0.2) is 11.5 Å². The zero-order valence-corrected chi connectivity index (χ0v) is 11.3. The largest absolute Gasteiger partial charge is 0.486 e. The highest BCUT2D eigenvalue weighted by Crippen LogP contribution is 2.51. The average molecular weight is 268 g/mol. The van der Waals surface area contributed by atoms with Gasteiger partial charge in [0.1, 0.15) is 13.2 Å². The Balaban J connectivity index is 2.15. The monoisotopic (exact) mass is 267 g/mol.